The number of anilines is 1. The van der Waals surface area contributed by atoms with E-state index in [1.54, 1.807) is 46.2 Å². The highest BCUT2D eigenvalue weighted by molar-refractivity contribution is 5.98. The Labute approximate surface area is 157 Å². The molecule has 0 aromatic heterocycles. The average molecular weight is 364 g/mol. The first kappa shape index (κ1) is 17.3. The molecule has 2 aliphatic heterocycles. The van der Waals surface area contributed by atoms with Crippen LogP contribution in [0.3, 0.4) is 0 Å². The van der Waals surface area contributed by atoms with Crippen molar-refractivity contribution in [2.24, 2.45) is 0 Å². The maximum Gasteiger partial charge on any atom is 0.336 e. The average Bonchev–Trinajstić information content (AvgIpc) is 3.12. The SMILES string of the molecule is O=C(O)c1cccc2c1CN(C(=O)c1ccc(N3CCCC3=O)cc1)CC2. The monoisotopic (exact) mass is 364 g/mol. The molecule has 27 heavy (non-hydrogen) atoms. The fraction of sp³-hybridized carbons (Fsp3) is 0.286. The van der Waals surface area contributed by atoms with Gasteiger partial charge in [-0.25, -0.2) is 4.79 Å². The molecule has 1 saturated heterocycles. The smallest absolute Gasteiger partial charge is 0.336 e. The van der Waals surface area contributed by atoms with Gasteiger partial charge < -0.3 is 14.9 Å². The molecule has 0 saturated carbocycles. The molecule has 2 heterocycles. The fourth-order valence-corrected chi connectivity index (χ4v) is 3.84. The quantitative estimate of drug-likeness (QED) is 0.908. The molecule has 6 heteroatoms. The molecule has 2 aliphatic rings. The van der Waals surface area contributed by atoms with Gasteiger partial charge in [-0.3, -0.25) is 9.59 Å². The number of fused-ring (bicyclic) bond motifs is 1. The van der Waals surface area contributed by atoms with Crippen molar-refractivity contribution >= 4 is 23.5 Å². The van der Waals surface area contributed by atoms with E-state index >= 15 is 0 Å². The summed E-state index contributed by atoms with van der Waals surface area (Å²) in [4.78, 5) is 39.6. The van der Waals surface area contributed by atoms with Crippen LogP contribution < -0.4 is 4.90 Å². The molecule has 2 aromatic rings. The Bertz CT molecular complexity index is 920. The number of benzene rings is 2. The maximum absolute atomic E-state index is 12.9. The Hall–Kier alpha value is -3.15. The normalized spacial score (nSPS) is 16.4. The molecule has 1 fully saturated rings. The number of carbonyl (C=O) groups excluding carboxylic acids is 2. The first-order valence-electron chi connectivity index (χ1n) is 9.08. The Morgan fingerprint density at radius 3 is 2.41 bits per heavy atom. The van der Waals surface area contributed by atoms with E-state index in [0.29, 0.717) is 43.6 Å². The molecule has 0 aliphatic carbocycles. The molecule has 0 bridgehead atoms. The predicted molar refractivity (Wildman–Crippen MR) is 99.9 cm³/mol. The van der Waals surface area contributed by atoms with Crippen molar-refractivity contribution in [1.29, 1.82) is 0 Å². The Morgan fingerprint density at radius 2 is 1.74 bits per heavy atom. The van der Waals surface area contributed by atoms with Crippen molar-refractivity contribution in [3.05, 3.63) is 64.7 Å². The molecule has 0 radical (unpaired) electrons. The van der Waals surface area contributed by atoms with Gasteiger partial charge in [0.05, 0.1) is 5.56 Å². The Balaban J connectivity index is 1.54. The van der Waals surface area contributed by atoms with Gasteiger partial charge in [-0.2, -0.15) is 0 Å². The lowest BCUT2D eigenvalue weighted by Crippen LogP contribution is -2.36. The maximum atomic E-state index is 12.9. The topological polar surface area (TPSA) is 77.9 Å². The lowest BCUT2D eigenvalue weighted by atomic mass is 9.94. The number of carbonyl (C=O) groups is 3. The van der Waals surface area contributed by atoms with Gasteiger partial charge >= 0.3 is 5.97 Å². The van der Waals surface area contributed by atoms with E-state index < -0.39 is 5.97 Å². The molecule has 2 amide bonds. The van der Waals surface area contributed by atoms with E-state index in [9.17, 15) is 19.5 Å². The van der Waals surface area contributed by atoms with E-state index in [-0.39, 0.29) is 17.4 Å². The first-order valence-corrected chi connectivity index (χ1v) is 9.08. The van der Waals surface area contributed by atoms with Crippen LogP contribution in [-0.4, -0.2) is 40.9 Å². The first-order chi connectivity index (χ1) is 13.0. The molecule has 138 valence electrons. The standard InChI is InChI=1S/C21H20N2O4/c24-19-5-2-11-23(19)16-8-6-15(7-9-16)20(25)22-12-10-14-3-1-4-17(21(26)27)18(14)13-22/h1,3-4,6-9H,2,5,10-13H2,(H,26,27). The lowest BCUT2D eigenvalue weighted by Gasteiger charge is -2.30. The van der Waals surface area contributed by atoms with Crippen LogP contribution >= 0.6 is 0 Å². The second kappa shape index (κ2) is 6.87. The van der Waals surface area contributed by atoms with Crippen LogP contribution in [0.25, 0.3) is 0 Å². The minimum Gasteiger partial charge on any atom is -0.478 e. The van der Waals surface area contributed by atoms with Gasteiger partial charge in [0.15, 0.2) is 0 Å². The number of carboxylic acids is 1. The summed E-state index contributed by atoms with van der Waals surface area (Å²) in [5, 5.41) is 9.40. The van der Waals surface area contributed by atoms with Crippen LogP contribution in [0, 0.1) is 0 Å². The Kier molecular flexibility index (Phi) is 4.39. The van der Waals surface area contributed by atoms with Gasteiger partial charge in [-0.05, 0) is 54.3 Å². The van der Waals surface area contributed by atoms with Crippen molar-refractivity contribution in [2.45, 2.75) is 25.8 Å². The van der Waals surface area contributed by atoms with Crippen LogP contribution in [0.1, 0.15) is 44.7 Å². The van der Waals surface area contributed by atoms with E-state index in [1.807, 2.05) is 6.07 Å². The van der Waals surface area contributed by atoms with E-state index in [4.69, 9.17) is 0 Å². The van der Waals surface area contributed by atoms with Gasteiger partial charge in [0.1, 0.15) is 0 Å². The van der Waals surface area contributed by atoms with Crippen molar-refractivity contribution in [3.63, 3.8) is 0 Å². The number of amides is 2. The number of nitrogens with zero attached hydrogens (tertiary/aromatic N) is 2. The summed E-state index contributed by atoms with van der Waals surface area (Å²) in [7, 11) is 0. The van der Waals surface area contributed by atoms with Crippen LogP contribution in [0.5, 0.6) is 0 Å². The molecule has 2 aromatic carbocycles. The summed E-state index contributed by atoms with van der Waals surface area (Å²) in [5.41, 5.74) is 3.31. The van der Waals surface area contributed by atoms with Crippen molar-refractivity contribution in [1.82, 2.24) is 4.90 Å². The summed E-state index contributed by atoms with van der Waals surface area (Å²) in [6.45, 7) is 1.57. The summed E-state index contributed by atoms with van der Waals surface area (Å²) < 4.78 is 0. The van der Waals surface area contributed by atoms with Gasteiger partial charge in [0.25, 0.3) is 5.91 Å². The second-order valence-electron chi connectivity index (χ2n) is 6.92. The molecular weight excluding hydrogens is 344 g/mol. The molecule has 0 atom stereocenters. The molecule has 4 rings (SSSR count). The van der Waals surface area contributed by atoms with Crippen molar-refractivity contribution in [2.75, 3.05) is 18.0 Å². The van der Waals surface area contributed by atoms with E-state index in [2.05, 4.69) is 0 Å². The van der Waals surface area contributed by atoms with Crippen molar-refractivity contribution < 1.29 is 19.5 Å². The summed E-state index contributed by atoms with van der Waals surface area (Å²) >= 11 is 0. The molecule has 1 N–H and O–H groups in total. The number of hydrogen-bond acceptors (Lipinski definition) is 3. The fourth-order valence-electron chi connectivity index (χ4n) is 3.84. The number of aromatic carboxylic acids is 1. The third kappa shape index (κ3) is 3.18. The van der Waals surface area contributed by atoms with Gasteiger partial charge in [-0.15, -0.1) is 0 Å². The second-order valence-corrected chi connectivity index (χ2v) is 6.92. The molecular formula is C21H20N2O4. The highest BCUT2D eigenvalue weighted by Crippen LogP contribution is 2.26. The minimum absolute atomic E-state index is 0.114. The highest BCUT2D eigenvalue weighted by atomic mass is 16.4. The third-order valence-electron chi connectivity index (χ3n) is 5.29. The number of rotatable bonds is 3. The summed E-state index contributed by atoms with van der Waals surface area (Å²) in [6, 6.07) is 12.3. The van der Waals surface area contributed by atoms with Crippen molar-refractivity contribution in [3.8, 4) is 0 Å². The summed E-state index contributed by atoms with van der Waals surface area (Å²) in [5.74, 6) is -0.983. The third-order valence-corrected chi connectivity index (χ3v) is 5.29. The Morgan fingerprint density at radius 1 is 0.963 bits per heavy atom. The molecule has 0 spiro atoms. The zero-order valence-electron chi connectivity index (χ0n) is 14.9. The van der Waals surface area contributed by atoms with Crippen LogP contribution in [0.15, 0.2) is 42.5 Å². The highest BCUT2D eigenvalue weighted by Gasteiger charge is 2.26. The zero-order chi connectivity index (χ0) is 19.0. The zero-order valence-corrected chi connectivity index (χ0v) is 14.9. The van der Waals surface area contributed by atoms with Gasteiger partial charge in [0, 0.05) is 37.3 Å². The van der Waals surface area contributed by atoms with E-state index in [0.717, 1.165) is 17.7 Å². The van der Waals surface area contributed by atoms with Crippen LogP contribution in [0.2, 0.25) is 0 Å². The van der Waals surface area contributed by atoms with Crippen LogP contribution in [-0.2, 0) is 17.8 Å². The van der Waals surface area contributed by atoms with Crippen LogP contribution in [0.4, 0.5) is 5.69 Å². The van der Waals surface area contributed by atoms with Gasteiger partial charge in [-0.1, -0.05) is 12.1 Å². The predicted octanol–water partition coefficient (Wildman–Crippen LogP) is 2.71. The molecule has 0 unspecified atom stereocenters. The summed E-state index contributed by atoms with van der Waals surface area (Å²) in [6.07, 6.45) is 2.07. The number of hydrogen-bond donors (Lipinski definition) is 1. The minimum atomic E-state index is -0.971. The molecule has 6 nitrogen and oxygen atoms in total. The van der Waals surface area contributed by atoms with Gasteiger partial charge in [0.2, 0.25) is 5.91 Å². The lowest BCUT2D eigenvalue weighted by molar-refractivity contribution is -0.117. The number of carboxylic acid groups (broad SMARTS) is 1. The van der Waals surface area contributed by atoms with E-state index in [1.165, 1.54) is 0 Å². The largest absolute Gasteiger partial charge is 0.478 e.